The average molecular weight is 1380 g/mol. The van der Waals surface area contributed by atoms with Gasteiger partial charge in [0.25, 0.3) is 0 Å². The molecule has 0 atom stereocenters. The van der Waals surface area contributed by atoms with Gasteiger partial charge in [0.05, 0.1) is 0 Å². The molecule has 93 heavy (non-hydrogen) atoms. The van der Waals surface area contributed by atoms with Gasteiger partial charge < -0.3 is 0 Å². The van der Waals surface area contributed by atoms with Crippen LogP contribution in [0.4, 0.5) is 0 Å². The molecule has 0 spiro atoms. The first kappa shape index (κ1) is 64.9. The van der Waals surface area contributed by atoms with Gasteiger partial charge in [0.15, 0.2) is 0 Å². The van der Waals surface area contributed by atoms with Gasteiger partial charge in [-0.3, -0.25) is 0 Å². The summed E-state index contributed by atoms with van der Waals surface area (Å²) >= 11 is 16.0. The molecule has 0 nitrogen and oxygen atoms in total. The van der Waals surface area contributed by atoms with Crippen molar-refractivity contribution in [2.24, 2.45) is 0 Å². The predicted molar refractivity (Wildman–Crippen MR) is 416 cm³/mol. The van der Waals surface area contributed by atoms with E-state index in [4.69, 9.17) is 50.5 Å². The maximum atomic E-state index is 5.16. The third-order valence-corrected chi connectivity index (χ3v) is 33.0. The minimum absolute atomic E-state index is 0.940. The van der Waals surface area contributed by atoms with Gasteiger partial charge in [-0.1, -0.05) is 0 Å². The Morgan fingerprint density at radius 1 is 0.215 bits per heavy atom. The van der Waals surface area contributed by atoms with Gasteiger partial charge in [0.1, 0.15) is 0 Å². The van der Waals surface area contributed by atoms with E-state index in [2.05, 4.69) is 347 Å². The Labute approximate surface area is 577 Å². The number of rotatable bonds is 16. The van der Waals surface area contributed by atoms with E-state index in [0.717, 1.165) is 109 Å². The summed E-state index contributed by atoms with van der Waals surface area (Å²) in [6.45, 7) is 17.1. The number of thiol groups is 4. The van der Waals surface area contributed by atoms with E-state index in [1.54, 1.807) is 0 Å². The van der Waals surface area contributed by atoms with Crippen LogP contribution in [-0.2, 0) is 0 Å². The molecule has 0 bridgehead atoms. The van der Waals surface area contributed by atoms with Gasteiger partial charge in [0.2, 0.25) is 0 Å². The molecule has 0 radical (unpaired) electrons. The first-order valence-electron chi connectivity index (χ1n) is 31.7. The van der Waals surface area contributed by atoms with Gasteiger partial charge in [0, 0.05) is 0 Å². The van der Waals surface area contributed by atoms with E-state index < -0.39 is 18.4 Å². The maximum absolute atomic E-state index is 5.16. The molecule has 0 heterocycles. The molecule has 0 fully saturated rings. The molecule has 0 amide bonds. The summed E-state index contributed by atoms with van der Waals surface area (Å²) in [4.78, 5) is 3.76. The van der Waals surface area contributed by atoms with Crippen molar-refractivity contribution in [2.45, 2.75) is 75.0 Å². The van der Waals surface area contributed by atoms with Crippen molar-refractivity contribution in [1.29, 1.82) is 0 Å². The van der Waals surface area contributed by atoms with E-state index in [-0.39, 0.29) is 0 Å². The molecular weight excluding hydrogens is 1300 g/mol. The van der Waals surface area contributed by atoms with Crippen LogP contribution in [0.1, 0.15) is 111 Å². The van der Waals surface area contributed by atoms with Crippen LogP contribution >= 0.6 is 50.5 Å². The van der Waals surface area contributed by atoms with Crippen LogP contribution in [0.3, 0.4) is 0 Å². The quantitative estimate of drug-likeness (QED) is 0.0414. The van der Waals surface area contributed by atoms with E-state index in [1.165, 1.54) is 58.8 Å². The minimum atomic E-state index is -4.65. The van der Waals surface area contributed by atoms with Crippen molar-refractivity contribution in [3.63, 3.8) is 0 Å². The monoisotopic (exact) mass is 1380 g/mol. The van der Waals surface area contributed by atoms with E-state index in [0.29, 0.717) is 0 Å². The summed E-state index contributed by atoms with van der Waals surface area (Å²) in [5.41, 5.74) is 27.3. The predicted octanol–water partition coefficient (Wildman–Crippen LogP) is 21.0. The Morgan fingerprint density at radius 2 is 0.387 bits per heavy atom. The number of hydrogen-bond donors (Lipinski definition) is 4. The number of hydrogen-bond acceptors (Lipinski definition) is 4. The Morgan fingerprint density at radius 3 is 0.559 bits per heavy atom. The number of aryl methyl sites for hydroxylation is 8. The molecule has 0 saturated carbocycles. The summed E-state index contributed by atoms with van der Waals surface area (Å²) in [7, 11) is 0. The van der Waals surface area contributed by atoms with Gasteiger partial charge >= 0.3 is 583 Å². The van der Waals surface area contributed by atoms with Crippen LogP contribution in [0.25, 0.3) is 46.6 Å². The summed E-state index contributed by atoms with van der Waals surface area (Å²) < 4.78 is 5.26. The van der Waals surface area contributed by atoms with Crippen LogP contribution < -0.4 is 14.3 Å². The third-order valence-electron chi connectivity index (χ3n) is 17.8. The van der Waals surface area contributed by atoms with E-state index >= 15 is 0 Å². The molecule has 5 heteroatoms. The van der Waals surface area contributed by atoms with Crippen LogP contribution in [0.5, 0.6) is 0 Å². The fourth-order valence-corrected chi connectivity index (χ4v) is 27.6. The van der Waals surface area contributed by atoms with Crippen molar-refractivity contribution < 1.29 is 0 Å². The molecule has 0 unspecified atom stereocenters. The fraction of sp³-hybridized carbons (Fsp3) is 0.0909. The van der Waals surface area contributed by atoms with Crippen molar-refractivity contribution in [2.75, 3.05) is 0 Å². The molecule has 0 aliphatic heterocycles. The molecule has 12 rings (SSSR count). The topological polar surface area (TPSA) is 0 Å². The van der Waals surface area contributed by atoms with Crippen molar-refractivity contribution >= 4 is 130 Å². The van der Waals surface area contributed by atoms with Crippen LogP contribution in [0, 0.1) is 55.4 Å². The Balaban J connectivity index is 1.12. The van der Waals surface area contributed by atoms with Crippen LogP contribution in [-0.4, -0.2) is 18.4 Å². The molecule has 0 aliphatic carbocycles. The van der Waals surface area contributed by atoms with E-state index in [9.17, 15) is 0 Å². The van der Waals surface area contributed by atoms with Crippen molar-refractivity contribution in [1.82, 2.24) is 0 Å². The van der Waals surface area contributed by atoms with Gasteiger partial charge in [-0.25, -0.2) is 0 Å². The molecule has 0 saturated heterocycles. The Kier molecular flexibility index (Phi) is 19.9. The molecule has 0 N–H and O–H groups in total. The second kappa shape index (κ2) is 28.6. The summed E-state index contributed by atoms with van der Waals surface area (Å²) in [6, 6.07) is 100.0. The second-order valence-electron chi connectivity index (χ2n) is 25.0. The Hall–Kier alpha value is -8.20. The molecule has 0 aliphatic rings. The van der Waals surface area contributed by atoms with Crippen LogP contribution in [0.15, 0.2) is 287 Å². The van der Waals surface area contributed by atoms with E-state index in [1.807, 2.05) is 0 Å². The first-order valence-corrected chi connectivity index (χ1v) is 39.2. The molecule has 12 aromatic rings. The first-order chi connectivity index (χ1) is 44.9. The van der Waals surface area contributed by atoms with Crippen molar-refractivity contribution in [3.05, 3.63) is 378 Å². The molecule has 12 aromatic carbocycles. The number of benzene rings is 12. The van der Waals surface area contributed by atoms with Crippen LogP contribution in [0.2, 0.25) is 0 Å². The Bertz CT molecular complexity index is 4190. The summed E-state index contributed by atoms with van der Waals surface area (Å²) in [5, 5.41) is 0. The second-order valence-corrected chi connectivity index (χ2v) is 37.8. The zero-order valence-corrected chi connectivity index (χ0v) is 60.4. The van der Waals surface area contributed by atoms with Gasteiger partial charge in [-0.05, 0) is 0 Å². The van der Waals surface area contributed by atoms with Gasteiger partial charge in [-0.2, -0.15) is 0 Å². The third kappa shape index (κ3) is 14.6. The average Bonchev–Trinajstić information content (AvgIpc) is 0.733. The van der Waals surface area contributed by atoms with Crippen molar-refractivity contribution in [3.8, 4) is 0 Å². The zero-order chi connectivity index (χ0) is 64.9. The SMILES string of the molecule is Cc1ccc(C=C(c2cc[c]([Sn]([c]3ccc(C(=Cc4ccc(C)cc4)c4ccc(C)cc4S)cc3)([c]3ccc(C(=Cc4ccc(C)cc4)c4ccc(C)cc4S)cc3)[c]3ccc(C(=Cc4ccc(C)cc4)c4ccc(C)cc4S)cc3)cc2)c2ccc(C)cc2S)cc1. The standard InChI is InChI=1S/4C22H19S.Sn/c4*1-16-8-11-18(12-9-16)15-21(19-6-4-3-5-7-19)20-13-10-17(2)14-22(20)23;/h4*4-15,23H,1-2H3;. The zero-order valence-electron chi connectivity index (χ0n) is 54.0. The summed E-state index contributed by atoms with van der Waals surface area (Å²) in [5.74, 6) is 0. The molecule has 456 valence electrons. The summed E-state index contributed by atoms with van der Waals surface area (Å²) in [6.07, 6.45) is 9.26. The molecular formula is C88H76S4Sn. The normalized spacial score (nSPS) is 12.9. The fourth-order valence-electron chi connectivity index (χ4n) is 12.7. The van der Waals surface area contributed by atoms with Gasteiger partial charge in [-0.15, -0.1) is 0 Å². The molecule has 0 aromatic heterocycles.